The van der Waals surface area contributed by atoms with Gasteiger partial charge in [-0.3, -0.25) is 0 Å². The molecule has 0 radical (unpaired) electrons. The van der Waals surface area contributed by atoms with Crippen LogP contribution in [0.2, 0.25) is 5.02 Å². The third-order valence-corrected chi connectivity index (χ3v) is 5.99. The van der Waals surface area contributed by atoms with Crippen LogP contribution in [0.3, 0.4) is 0 Å². The Labute approximate surface area is 131 Å². The summed E-state index contributed by atoms with van der Waals surface area (Å²) in [6, 6.07) is 4.94. The molecule has 0 aliphatic heterocycles. The lowest BCUT2D eigenvalue weighted by atomic mass is 9.86. The van der Waals surface area contributed by atoms with E-state index in [1.54, 1.807) is 18.2 Å². The standard InChI is InChI=1S/C15H21ClO4S/c1-20-13-6-5-12(14(16)9-13)10-21(18,19)11-15(17)7-3-2-4-8-15/h5-6,9,17H,2-4,7-8,10-11H2,1H3. The fraction of sp³-hybridized carbons (Fsp3) is 0.600. The van der Waals surface area contributed by atoms with Gasteiger partial charge in [-0.05, 0) is 30.5 Å². The van der Waals surface area contributed by atoms with Gasteiger partial charge in [0.1, 0.15) is 5.75 Å². The average Bonchev–Trinajstić information content (AvgIpc) is 2.40. The van der Waals surface area contributed by atoms with E-state index >= 15 is 0 Å². The molecule has 2 rings (SSSR count). The Morgan fingerprint density at radius 3 is 2.52 bits per heavy atom. The molecule has 21 heavy (non-hydrogen) atoms. The average molecular weight is 333 g/mol. The van der Waals surface area contributed by atoms with Crippen molar-refractivity contribution in [3.8, 4) is 5.75 Å². The molecule has 4 nitrogen and oxygen atoms in total. The van der Waals surface area contributed by atoms with Crippen LogP contribution in [0, 0.1) is 0 Å². The number of hydrogen-bond donors (Lipinski definition) is 1. The Balaban J connectivity index is 2.10. The van der Waals surface area contributed by atoms with Gasteiger partial charge >= 0.3 is 0 Å². The molecule has 0 spiro atoms. The summed E-state index contributed by atoms with van der Waals surface area (Å²) in [7, 11) is -1.88. The fourth-order valence-corrected chi connectivity index (χ4v) is 5.08. The zero-order valence-corrected chi connectivity index (χ0v) is 13.7. The van der Waals surface area contributed by atoms with Gasteiger partial charge in [-0.2, -0.15) is 0 Å². The Kier molecular flexibility index (Phi) is 5.17. The maximum absolute atomic E-state index is 12.3. The Morgan fingerprint density at radius 1 is 1.29 bits per heavy atom. The van der Waals surface area contributed by atoms with Crippen LogP contribution < -0.4 is 4.74 Å². The molecule has 0 atom stereocenters. The van der Waals surface area contributed by atoms with Gasteiger partial charge in [-0.15, -0.1) is 0 Å². The number of hydrogen-bond acceptors (Lipinski definition) is 4. The first-order valence-electron chi connectivity index (χ1n) is 7.09. The highest BCUT2D eigenvalue weighted by Crippen LogP contribution is 2.31. The maximum atomic E-state index is 12.3. The summed E-state index contributed by atoms with van der Waals surface area (Å²) in [6.45, 7) is 0. The van der Waals surface area contributed by atoms with E-state index in [9.17, 15) is 13.5 Å². The predicted molar refractivity (Wildman–Crippen MR) is 83.5 cm³/mol. The minimum Gasteiger partial charge on any atom is -0.497 e. The summed E-state index contributed by atoms with van der Waals surface area (Å²) in [4.78, 5) is 0. The molecule has 1 N–H and O–H groups in total. The summed E-state index contributed by atoms with van der Waals surface area (Å²) in [5.41, 5.74) is -0.535. The quantitative estimate of drug-likeness (QED) is 0.900. The van der Waals surface area contributed by atoms with Crippen molar-refractivity contribution < 1.29 is 18.3 Å². The molecule has 1 aromatic rings. The van der Waals surface area contributed by atoms with Gasteiger partial charge in [0.05, 0.1) is 24.2 Å². The van der Waals surface area contributed by atoms with Crippen molar-refractivity contribution in [1.29, 1.82) is 0 Å². The van der Waals surface area contributed by atoms with Crippen LogP contribution in [0.4, 0.5) is 0 Å². The maximum Gasteiger partial charge on any atom is 0.157 e. The monoisotopic (exact) mass is 332 g/mol. The molecule has 0 amide bonds. The first-order valence-corrected chi connectivity index (χ1v) is 9.29. The van der Waals surface area contributed by atoms with Crippen LogP contribution in [0.25, 0.3) is 0 Å². The van der Waals surface area contributed by atoms with Crippen molar-refractivity contribution >= 4 is 21.4 Å². The van der Waals surface area contributed by atoms with Gasteiger partial charge in [0.2, 0.25) is 0 Å². The minimum absolute atomic E-state index is 0.155. The van der Waals surface area contributed by atoms with Gasteiger partial charge in [-0.1, -0.05) is 36.9 Å². The van der Waals surface area contributed by atoms with Crippen molar-refractivity contribution in [2.75, 3.05) is 12.9 Å². The van der Waals surface area contributed by atoms with Crippen LogP contribution in [-0.2, 0) is 15.6 Å². The molecule has 1 aromatic carbocycles. The van der Waals surface area contributed by atoms with Crippen LogP contribution >= 0.6 is 11.6 Å². The largest absolute Gasteiger partial charge is 0.497 e. The molecule has 118 valence electrons. The lowest BCUT2D eigenvalue weighted by molar-refractivity contribution is 0.0257. The van der Waals surface area contributed by atoms with E-state index in [2.05, 4.69) is 0 Å². The van der Waals surface area contributed by atoms with Crippen LogP contribution in [0.5, 0.6) is 5.75 Å². The molecule has 0 bridgehead atoms. The van der Waals surface area contributed by atoms with E-state index in [-0.39, 0.29) is 11.5 Å². The second-order valence-electron chi connectivity index (χ2n) is 5.77. The second kappa shape index (κ2) is 6.55. The lowest BCUT2D eigenvalue weighted by Gasteiger charge is -2.31. The van der Waals surface area contributed by atoms with E-state index in [1.165, 1.54) is 7.11 Å². The number of ether oxygens (including phenoxy) is 1. The van der Waals surface area contributed by atoms with Crippen LogP contribution in [-0.4, -0.2) is 32.0 Å². The molecule has 0 unspecified atom stereocenters. The van der Waals surface area contributed by atoms with Gasteiger partial charge in [0.25, 0.3) is 0 Å². The topological polar surface area (TPSA) is 63.6 Å². The molecule has 1 aliphatic carbocycles. The third-order valence-electron chi connectivity index (χ3n) is 3.91. The number of aliphatic hydroxyl groups is 1. The molecule has 1 saturated carbocycles. The summed E-state index contributed by atoms with van der Waals surface area (Å²) >= 11 is 6.08. The predicted octanol–water partition coefficient (Wildman–Crippen LogP) is 2.96. The Bertz CT molecular complexity index is 592. The molecule has 0 heterocycles. The summed E-state index contributed by atoms with van der Waals surface area (Å²) in [6.07, 6.45) is 3.95. The first-order chi connectivity index (χ1) is 9.84. The molecule has 1 fully saturated rings. The molecular formula is C15H21ClO4S. The highest BCUT2D eigenvalue weighted by molar-refractivity contribution is 7.90. The second-order valence-corrected chi connectivity index (χ2v) is 8.25. The molecule has 1 aliphatic rings. The van der Waals surface area contributed by atoms with E-state index in [0.717, 1.165) is 19.3 Å². The molecular weight excluding hydrogens is 312 g/mol. The number of sulfone groups is 1. The highest BCUT2D eigenvalue weighted by atomic mass is 35.5. The Morgan fingerprint density at radius 2 is 1.95 bits per heavy atom. The van der Waals surface area contributed by atoms with Gasteiger partial charge < -0.3 is 9.84 Å². The smallest absolute Gasteiger partial charge is 0.157 e. The van der Waals surface area contributed by atoms with Crippen molar-refractivity contribution in [3.63, 3.8) is 0 Å². The summed E-state index contributed by atoms with van der Waals surface area (Å²) in [5.74, 6) is 0.243. The lowest BCUT2D eigenvalue weighted by Crippen LogP contribution is -2.39. The van der Waals surface area contributed by atoms with E-state index in [0.29, 0.717) is 29.2 Å². The van der Waals surface area contributed by atoms with E-state index in [1.807, 2.05) is 0 Å². The van der Waals surface area contributed by atoms with Crippen LogP contribution in [0.1, 0.15) is 37.7 Å². The third kappa shape index (κ3) is 4.59. The van der Waals surface area contributed by atoms with E-state index < -0.39 is 15.4 Å². The Hall–Kier alpha value is -0.780. The summed E-state index contributed by atoms with van der Waals surface area (Å²) in [5, 5.41) is 10.8. The normalized spacial score (nSPS) is 18.4. The van der Waals surface area contributed by atoms with Gasteiger partial charge in [0.15, 0.2) is 9.84 Å². The number of methoxy groups -OCH3 is 1. The molecule has 0 saturated heterocycles. The first kappa shape index (κ1) is 16.6. The highest BCUT2D eigenvalue weighted by Gasteiger charge is 2.34. The zero-order valence-electron chi connectivity index (χ0n) is 12.1. The number of halogens is 1. The van der Waals surface area contributed by atoms with Crippen molar-refractivity contribution in [2.45, 2.75) is 43.5 Å². The SMILES string of the molecule is COc1ccc(CS(=O)(=O)CC2(O)CCCCC2)c(Cl)c1. The molecule has 0 aromatic heterocycles. The number of rotatable bonds is 5. The minimum atomic E-state index is -3.41. The van der Waals surface area contributed by atoms with Crippen molar-refractivity contribution in [2.24, 2.45) is 0 Å². The molecule has 6 heteroatoms. The van der Waals surface area contributed by atoms with Gasteiger partial charge in [-0.25, -0.2) is 8.42 Å². The van der Waals surface area contributed by atoms with Crippen LogP contribution in [0.15, 0.2) is 18.2 Å². The summed E-state index contributed by atoms with van der Waals surface area (Å²) < 4.78 is 29.7. The fourth-order valence-electron chi connectivity index (χ4n) is 2.82. The van der Waals surface area contributed by atoms with Crippen molar-refractivity contribution in [3.05, 3.63) is 28.8 Å². The number of benzene rings is 1. The van der Waals surface area contributed by atoms with Gasteiger partial charge in [0, 0.05) is 5.02 Å². The zero-order chi connectivity index (χ0) is 15.5. The van der Waals surface area contributed by atoms with E-state index in [4.69, 9.17) is 16.3 Å². The van der Waals surface area contributed by atoms with Crippen molar-refractivity contribution in [1.82, 2.24) is 0 Å².